The molecule has 1 aliphatic heterocycles. The van der Waals surface area contributed by atoms with E-state index in [-0.39, 0.29) is 11.8 Å². The molecule has 4 aromatic rings. The number of carbonyl (C=O) groups is 1. The second-order valence-electron chi connectivity index (χ2n) is 9.98. The molecule has 0 aliphatic carbocycles. The van der Waals surface area contributed by atoms with Gasteiger partial charge in [-0.3, -0.25) is 4.79 Å². The second-order valence-corrected chi connectivity index (χ2v) is 9.98. The molecule has 0 radical (unpaired) electrons. The van der Waals surface area contributed by atoms with Gasteiger partial charge in [-0.25, -0.2) is 4.68 Å². The van der Waals surface area contributed by atoms with Gasteiger partial charge in [-0.2, -0.15) is 10.2 Å². The molecule has 7 heteroatoms. The predicted molar refractivity (Wildman–Crippen MR) is 144 cm³/mol. The lowest BCUT2D eigenvalue weighted by molar-refractivity contribution is -0.125. The van der Waals surface area contributed by atoms with E-state index in [2.05, 4.69) is 89.7 Å². The van der Waals surface area contributed by atoms with Gasteiger partial charge in [0.1, 0.15) is 5.52 Å². The molecule has 1 aliphatic rings. The van der Waals surface area contributed by atoms with Gasteiger partial charge in [-0.05, 0) is 64.7 Å². The average Bonchev–Trinajstić information content (AvgIpc) is 3.24. The highest BCUT2D eigenvalue weighted by Gasteiger charge is 2.29. The third-order valence-electron chi connectivity index (χ3n) is 7.19. The fraction of sp³-hybridized carbons (Fsp3) is 0.379. The number of piperidine rings is 1. The molecule has 1 amide bonds. The number of aromatic nitrogens is 4. The number of anilines is 1. The number of hydrogen-bond donors (Lipinski definition) is 1. The summed E-state index contributed by atoms with van der Waals surface area (Å²) in [6.45, 7) is 10.3. The zero-order chi connectivity index (χ0) is 25.2. The molecule has 0 unspecified atom stereocenters. The first-order valence-electron chi connectivity index (χ1n) is 12.8. The number of fused-ring (bicyclic) bond motifs is 1. The molecule has 0 bridgehead atoms. The van der Waals surface area contributed by atoms with Crippen molar-refractivity contribution >= 4 is 22.6 Å². The summed E-state index contributed by atoms with van der Waals surface area (Å²) in [5.41, 5.74) is 7.48. The zero-order valence-electron chi connectivity index (χ0n) is 21.6. The molecule has 1 N–H and O–H groups in total. The van der Waals surface area contributed by atoms with Crippen molar-refractivity contribution in [3.8, 4) is 5.69 Å². The summed E-state index contributed by atoms with van der Waals surface area (Å²) in [6.07, 6.45) is 2.65. The summed E-state index contributed by atoms with van der Waals surface area (Å²) in [6, 6.07) is 16.8. The Hall–Kier alpha value is -3.74. The molecule has 1 atom stereocenters. The van der Waals surface area contributed by atoms with Crippen LogP contribution in [0.25, 0.3) is 16.6 Å². The Kier molecular flexibility index (Phi) is 6.72. The Morgan fingerprint density at radius 3 is 2.39 bits per heavy atom. The van der Waals surface area contributed by atoms with E-state index in [1.54, 1.807) is 0 Å². The van der Waals surface area contributed by atoms with Crippen LogP contribution in [0.4, 0.5) is 5.82 Å². The number of hydrogen-bond acceptors (Lipinski definition) is 5. The summed E-state index contributed by atoms with van der Waals surface area (Å²) >= 11 is 0. The van der Waals surface area contributed by atoms with E-state index in [1.165, 1.54) is 16.7 Å². The van der Waals surface area contributed by atoms with Crippen LogP contribution in [0.3, 0.4) is 0 Å². The van der Waals surface area contributed by atoms with Crippen molar-refractivity contribution in [2.45, 2.75) is 47.0 Å². The topological polar surface area (TPSA) is 75.9 Å². The molecule has 2 aromatic carbocycles. The Labute approximate surface area is 212 Å². The van der Waals surface area contributed by atoms with E-state index in [9.17, 15) is 4.79 Å². The van der Waals surface area contributed by atoms with Crippen LogP contribution in [0.5, 0.6) is 0 Å². The Balaban J connectivity index is 1.33. The largest absolute Gasteiger partial charge is 0.355 e. The minimum absolute atomic E-state index is 0.0739. The van der Waals surface area contributed by atoms with Crippen LogP contribution in [0, 0.1) is 33.6 Å². The maximum atomic E-state index is 13.0. The van der Waals surface area contributed by atoms with Crippen molar-refractivity contribution < 1.29 is 4.79 Å². The molecule has 1 saturated heterocycles. The lowest BCUT2D eigenvalue weighted by atomic mass is 9.97. The lowest BCUT2D eigenvalue weighted by Crippen LogP contribution is -2.44. The Bertz CT molecular complexity index is 1370. The van der Waals surface area contributed by atoms with Gasteiger partial charge >= 0.3 is 0 Å². The molecule has 3 heterocycles. The van der Waals surface area contributed by atoms with Gasteiger partial charge in [0.05, 0.1) is 28.4 Å². The molecule has 186 valence electrons. The quantitative estimate of drug-likeness (QED) is 0.434. The van der Waals surface area contributed by atoms with Gasteiger partial charge in [0.25, 0.3) is 0 Å². The summed E-state index contributed by atoms with van der Waals surface area (Å²) in [5, 5.41) is 18.2. The molecule has 1 fully saturated rings. The SMILES string of the molecule is Cc1ccc(CCNC(=O)[C@@H]2CCCN(c3nnc(C)c4c(C)n(-c5ccc(C)cc5)nc34)C2)cc1. The highest BCUT2D eigenvalue weighted by Crippen LogP contribution is 2.31. The lowest BCUT2D eigenvalue weighted by Gasteiger charge is -2.32. The molecule has 2 aromatic heterocycles. The maximum Gasteiger partial charge on any atom is 0.224 e. The first-order chi connectivity index (χ1) is 17.4. The van der Waals surface area contributed by atoms with Gasteiger partial charge in [-0.15, -0.1) is 5.10 Å². The minimum atomic E-state index is -0.0739. The molecule has 5 rings (SSSR count). The standard InChI is InChI=1S/C29H34N6O/c1-19-7-11-23(12-8-19)15-16-30-29(36)24-6-5-17-34(18-24)28-27-26(21(3)31-32-28)22(4)35(33-27)25-13-9-20(2)10-14-25/h7-14,24H,5-6,15-18H2,1-4H3,(H,30,36)/t24-/m1/s1. The van der Waals surface area contributed by atoms with E-state index in [1.807, 2.05) is 11.6 Å². The van der Waals surface area contributed by atoms with E-state index >= 15 is 0 Å². The molecular formula is C29H34N6O. The monoisotopic (exact) mass is 482 g/mol. The molecular weight excluding hydrogens is 448 g/mol. The van der Waals surface area contributed by atoms with Crippen LogP contribution in [-0.2, 0) is 11.2 Å². The predicted octanol–water partition coefficient (Wildman–Crippen LogP) is 4.62. The molecule has 0 spiro atoms. The first-order valence-corrected chi connectivity index (χ1v) is 12.8. The van der Waals surface area contributed by atoms with E-state index in [0.29, 0.717) is 13.1 Å². The van der Waals surface area contributed by atoms with E-state index in [0.717, 1.165) is 59.6 Å². The number of carbonyl (C=O) groups excluding carboxylic acids is 1. The van der Waals surface area contributed by atoms with E-state index in [4.69, 9.17) is 5.10 Å². The molecule has 7 nitrogen and oxygen atoms in total. The molecule has 36 heavy (non-hydrogen) atoms. The Morgan fingerprint density at radius 2 is 1.67 bits per heavy atom. The van der Waals surface area contributed by atoms with Crippen LogP contribution < -0.4 is 10.2 Å². The van der Waals surface area contributed by atoms with Crippen molar-refractivity contribution in [3.63, 3.8) is 0 Å². The number of benzene rings is 2. The third-order valence-corrected chi connectivity index (χ3v) is 7.19. The van der Waals surface area contributed by atoms with Crippen molar-refractivity contribution in [1.82, 2.24) is 25.3 Å². The number of nitrogens with zero attached hydrogens (tertiary/aromatic N) is 5. The normalized spacial score (nSPS) is 15.9. The smallest absolute Gasteiger partial charge is 0.224 e. The van der Waals surface area contributed by atoms with Gasteiger partial charge in [-0.1, -0.05) is 47.5 Å². The van der Waals surface area contributed by atoms with Crippen molar-refractivity contribution in [2.75, 3.05) is 24.5 Å². The van der Waals surface area contributed by atoms with Crippen molar-refractivity contribution in [1.29, 1.82) is 0 Å². The van der Waals surface area contributed by atoms with Crippen LogP contribution in [0.15, 0.2) is 48.5 Å². The summed E-state index contributed by atoms with van der Waals surface area (Å²) in [4.78, 5) is 15.2. The van der Waals surface area contributed by atoms with Gasteiger partial charge < -0.3 is 10.2 Å². The maximum absolute atomic E-state index is 13.0. The number of aryl methyl sites for hydroxylation is 4. The fourth-order valence-corrected chi connectivity index (χ4v) is 5.07. The van der Waals surface area contributed by atoms with Crippen LogP contribution in [-0.4, -0.2) is 45.5 Å². The summed E-state index contributed by atoms with van der Waals surface area (Å²) < 4.78 is 1.98. The first kappa shape index (κ1) is 24.0. The number of rotatable bonds is 6. The highest BCUT2D eigenvalue weighted by atomic mass is 16.1. The van der Waals surface area contributed by atoms with Gasteiger partial charge in [0.2, 0.25) is 5.91 Å². The van der Waals surface area contributed by atoms with Gasteiger partial charge in [0, 0.05) is 19.6 Å². The fourth-order valence-electron chi connectivity index (χ4n) is 5.07. The molecule has 0 saturated carbocycles. The number of nitrogens with one attached hydrogen (secondary N) is 1. The average molecular weight is 483 g/mol. The summed E-state index contributed by atoms with van der Waals surface area (Å²) in [5.74, 6) is 0.807. The number of amides is 1. The van der Waals surface area contributed by atoms with Crippen LogP contribution in [0.1, 0.15) is 40.9 Å². The van der Waals surface area contributed by atoms with Crippen molar-refractivity contribution in [2.24, 2.45) is 5.92 Å². The van der Waals surface area contributed by atoms with Crippen LogP contribution in [0.2, 0.25) is 0 Å². The Morgan fingerprint density at radius 1 is 0.972 bits per heavy atom. The zero-order valence-corrected chi connectivity index (χ0v) is 21.6. The van der Waals surface area contributed by atoms with E-state index < -0.39 is 0 Å². The van der Waals surface area contributed by atoms with Crippen molar-refractivity contribution in [3.05, 3.63) is 76.6 Å². The summed E-state index contributed by atoms with van der Waals surface area (Å²) in [7, 11) is 0. The van der Waals surface area contributed by atoms with Crippen LogP contribution >= 0.6 is 0 Å². The second kappa shape index (κ2) is 10.1. The van der Waals surface area contributed by atoms with Gasteiger partial charge in [0.15, 0.2) is 5.82 Å². The minimum Gasteiger partial charge on any atom is -0.355 e. The highest BCUT2D eigenvalue weighted by molar-refractivity contribution is 5.92. The third kappa shape index (κ3) is 4.83.